The second-order valence-electron chi connectivity index (χ2n) is 7.41. The third kappa shape index (κ3) is 5.90. The number of amides is 1. The van der Waals surface area contributed by atoms with Gasteiger partial charge < -0.3 is 14.8 Å². The molecule has 0 atom stereocenters. The Morgan fingerprint density at radius 2 is 1.85 bits per heavy atom. The number of thiophene rings is 1. The van der Waals surface area contributed by atoms with Gasteiger partial charge in [0.2, 0.25) is 0 Å². The van der Waals surface area contributed by atoms with Gasteiger partial charge in [0.1, 0.15) is 5.00 Å². The van der Waals surface area contributed by atoms with Gasteiger partial charge in [0.15, 0.2) is 18.2 Å². The van der Waals surface area contributed by atoms with E-state index in [1.807, 2.05) is 18.2 Å². The van der Waals surface area contributed by atoms with Crippen LogP contribution in [0.3, 0.4) is 0 Å². The van der Waals surface area contributed by atoms with Crippen LogP contribution in [0.1, 0.15) is 26.4 Å². The van der Waals surface area contributed by atoms with E-state index >= 15 is 0 Å². The number of para-hydroxylation sites is 1. The second kappa shape index (κ2) is 11.3. The van der Waals surface area contributed by atoms with Gasteiger partial charge in [-0.3, -0.25) is 9.69 Å². The molecule has 174 valence electrons. The number of anilines is 1. The highest BCUT2D eigenvalue weighted by atomic mass is 35.5. The Bertz CT molecular complexity index is 1120. The van der Waals surface area contributed by atoms with Gasteiger partial charge in [0.05, 0.1) is 12.7 Å². The number of esters is 1. The molecule has 0 spiro atoms. The summed E-state index contributed by atoms with van der Waals surface area (Å²) in [7, 11) is 1.32. The van der Waals surface area contributed by atoms with Crippen LogP contribution in [-0.4, -0.2) is 37.0 Å². The van der Waals surface area contributed by atoms with Crippen LogP contribution >= 0.6 is 23.7 Å². The molecule has 3 aromatic rings. The number of rotatable bonds is 7. The monoisotopic (exact) mass is 490 g/mol. The second-order valence-corrected chi connectivity index (χ2v) is 8.52. The first-order chi connectivity index (χ1) is 15.5. The first-order valence-electron chi connectivity index (χ1n) is 10.2. The topological polar surface area (TPSA) is 67.9 Å². The number of benzene rings is 2. The number of carbonyl (C=O) groups is 2. The lowest BCUT2D eigenvalue weighted by Gasteiger charge is -2.27. The molecule has 0 saturated carbocycles. The molecule has 1 aromatic heterocycles. The maximum Gasteiger partial charge on any atom is 0.341 e. The summed E-state index contributed by atoms with van der Waals surface area (Å²) >= 11 is 1.37. The number of ether oxygens (including phenoxy) is 2. The molecule has 1 aliphatic rings. The van der Waals surface area contributed by atoms with Crippen LogP contribution in [0.25, 0.3) is 0 Å². The average molecular weight is 491 g/mol. The lowest BCUT2D eigenvalue weighted by molar-refractivity contribution is -0.118. The third-order valence-corrected chi connectivity index (χ3v) is 6.36. The summed E-state index contributed by atoms with van der Waals surface area (Å²) in [5, 5.41) is 3.19. The molecule has 4 rings (SSSR count). The molecule has 0 unspecified atom stereocenters. The molecule has 0 bridgehead atoms. The molecule has 33 heavy (non-hydrogen) atoms. The van der Waals surface area contributed by atoms with Gasteiger partial charge in [0.25, 0.3) is 5.91 Å². The minimum absolute atomic E-state index is 0. The molecule has 2 heterocycles. The zero-order valence-corrected chi connectivity index (χ0v) is 19.6. The normalized spacial score (nSPS) is 12.9. The van der Waals surface area contributed by atoms with Gasteiger partial charge in [-0.2, -0.15) is 0 Å². The van der Waals surface area contributed by atoms with Crippen molar-refractivity contribution < 1.29 is 23.5 Å². The van der Waals surface area contributed by atoms with Crippen molar-refractivity contribution in [3.63, 3.8) is 0 Å². The van der Waals surface area contributed by atoms with Crippen molar-refractivity contribution in [1.29, 1.82) is 0 Å². The van der Waals surface area contributed by atoms with Crippen molar-refractivity contribution >= 4 is 40.6 Å². The van der Waals surface area contributed by atoms with E-state index in [4.69, 9.17) is 9.47 Å². The van der Waals surface area contributed by atoms with Crippen LogP contribution in [0.2, 0.25) is 0 Å². The van der Waals surface area contributed by atoms with E-state index in [-0.39, 0.29) is 24.8 Å². The number of hydrogen-bond donors (Lipinski definition) is 1. The minimum Gasteiger partial charge on any atom is -0.481 e. The fourth-order valence-electron chi connectivity index (χ4n) is 3.71. The van der Waals surface area contributed by atoms with Gasteiger partial charge in [-0.25, -0.2) is 9.18 Å². The van der Waals surface area contributed by atoms with Crippen molar-refractivity contribution in [3.05, 3.63) is 82.0 Å². The number of nitrogens with one attached hydrogen (secondary N) is 1. The van der Waals surface area contributed by atoms with E-state index in [0.29, 0.717) is 23.5 Å². The van der Waals surface area contributed by atoms with E-state index < -0.39 is 17.7 Å². The summed E-state index contributed by atoms with van der Waals surface area (Å²) in [4.78, 5) is 28.3. The predicted molar refractivity (Wildman–Crippen MR) is 128 cm³/mol. The lowest BCUT2D eigenvalue weighted by atomic mass is 10.0. The van der Waals surface area contributed by atoms with Gasteiger partial charge in [-0.1, -0.05) is 42.5 Å². The highest BCUT2D eigenvalue weighted by Crippen LogP contribution is 2.38. The van der Waals surface area contributed by atoms with Crippen LogP contribution < -0.4 is 10.1 Å². The molecular formula is C24H24ClFN2O4S. The molecule has 1 N–H and O–H groups in total. The SMILES string of the molecule is COC(=O)c1c(NC(=O)COc2ccccc2F)sc2c1CCN(Cc1ccccc1)C2.Cl. The standard InChI is InChI=1S/C24H23FN2O4S.ClH/c1-30-24(29)22-17-11-12-27(13-16-7-3-2-4-8-16)14-20(17)32-23(22)26-21(28)15-31-19-10-6-5-9-18(19)25;/h2-10H,11-15H2,1H3,(H,26,28);1H. The summed E-state index contributed by atoms with van der Waals surface area (Å²) in [6.07, 6.45) is 0.685. The van der Waals surface area contributed by atoms with Crippen LogP contribution in [0.15, 0.2) is 54.6 Å². The Balaban J connectivity index is 0.00000306. The molecule has 1 aliphatic heterocycles. The summed E-state index contributed by atoms with van der Waals surface area (Å²) in [5.41, 5.74) is 2.53. The van der Waals surface area contributed by atoms with E-state index in [9.17, 15) is 14.0 Å². The van der Waals surface area contributed by atoms with Gasteiger partial charge in [0, 0.05) is 24.5 Å². The largest absolute Gasteiger partial charge is 0.481 e. The summed E-state index contributed by atoms with van der Waals surface area (Å²) < 4.78 is 24.0. The van der Waals surface area contributed by atoms with Gasteiger partial charge in [-0.05, 0) is 29.7 Å². The molecule has 0 aliphatic carbocycles. The first-order valence-corrected chi connectivity index (χ1v) is 11.0. The Labute approximate surface area is 201 Å². The average Bonchev–Trinajstić information content (AvgIpc) is 3.15. The van der Waals surface area contributed by atoms with Gasteiger partial charge >= 0.3 is 5.97 Å². The van der Waals surface area contributed by atoms with Crippen molar-refractivity contribution in [1.82, 2.24) is 4.90 Å². The first kappa shape index (κ1) is 24.7. The van der Waals surface area contributed by atoms with Crippen molar-refractivity contribution in [2.45, 2.75) is 19.5 Å². The quantitative estimate of drug-likeness (QED) is 0.487. The molecular weight excluding hydrogens is 467 g/mol. The molecule has 0 saturated heterocycles. The van der Waals surface area contributed by atoms with Crippen LogP contribution in [0.4, 0.5) is 9.39 Å². The molecule has 0 radical (unpaired) electrons. The molecule has 1 amide bonds. The zero-order chi connectivity index (χ0) is 22.5. The Morgan fingerprint density at radius 3 is 2.58 bits per heavy atom. The number of halogens is 2. The lowest BCUT2D eigenvalue weighted by Crippen LogP contribution is -2.29. The van der Waals surface area contributed by atoms with E-state index in [1.54, 1.807) is 12.1 Å². The van der Waals surface area contributed by atoms with E-state index in [2.05, 4.69) is 22.3 Å². The minimum atomic E-state index is -0.541. The highest BCUT2D eigenvalue weighted by Gasteiger charge is 2.29. The van der Waals surface area contributed by atoms with Gasteiger partial charge in [-0.15, -0.1) is 23.7 Å². The molecule has 2 aromatic carbocycles. The van der Waals surface area contributed by atoms with E-state index in [1.165, 1.54) is 36.1 Å². The van der Waals surface area contributed by atoms with E-state index in [0.717, 1.165) is 23.5 Å². The summed E-state index contributed by atoms with van der Waals surface area (Å²) in [6, 6.07) is 16.1. The molecule has 9 heteroatoms. The highest BCUT2D eigenvalue weighted by molar-refractivity contribution is 7.17. The van der Waals surface area contributed by atoms with Crippen molar-refractivity contribution in [2.75, 3.05) is 25.6 Å². The maximum atomic E-state index is 13.7. The number of methoxy groups -OCH3 is 1. The fraction of sp³-hybridized carbons (Fsp3) is 0.250. The number of carbonyl (C=O) groups excluding carboxylic acids is 2. The maximum absolute atomic E-state index is 13.7. The van der Waals surface area contributed by atoms with Crippen LogP contribution in [0, 0.1) is 5.82 Å². The third-order valence-electron chi connectivity index (χ3n) is 5.22. The molecule has 0 fully saturated rings. The fourth-order valence-corrected chi connectivity index (χ4v) is 5.00. The summed E-state index contributed by atoms with van der Waals surface area (Å²) in [5.74, 6) is -1.50. The van der Waals surface area contributed by atoms with Crippen molar-refractivity contribution in [3.8, 4) is 5.75 Å². The zero-order valence-electron chi connectivity index (χ0n) is 18.0. The Hall–Kier alpha value is -2.94. The smallest absolute Gasteiger partial charge is 0.341 e. The number of nitrogens with zero attached hydrogens (tertiary/aromatic N) is 1. The Morgan fingerprint density at radius 1 is 1.12 bits per heavy atom. The predicted octanol–water partition coefficient (Wildman–Crippen LogP) is 4.67. The van der Waals surface area contributed by atoms with Crippen LogP contribution in [-0.2, 0) is 29.0 Å². The number of hydrogen-bond acceptors (Lipinski definition) is 6. The summed E-state index contributed by atoms with van der Waals surface area (Å²) in [6.45, 7) is 1.92. The molecule has 6 nitrogen and oxygen atoms in total. The van der Waals surface area contributed by atoms with Crippen molar-refractivity contribution in [2.24, 2.45) is 0 Å². The van der Waals surface area contributed by atoms with Crippen LogP contribution in [0.5, 0.6) is 5.75 Å². The number of fused-ring (bicyclic) bond motifs is 1. The Kier molecular flexibility index (Phi) is 8.43.